The lowest BCUT2D eigenvalue weighted by Gasteiger charge is -2.14. The number of rotatable bonds is 5. The zero-order chi connectivity index (χ0) is 14.5. The molecule has 0 aliphatic rings. The fourth-order valence-corrected chi connectivity index (χ4v) is 2.01. The second-order valence-corrected chi connectivity index (χ2v) is 4.88. The number of nitrogens with one attached hydrogen (secondary N) is 1. The van der Waals surface area contributed by atoms with Crippen molar-refractivity contribution in [3.05, 3.63) is 36.2 Å². The number of aromatic nitrogens is 2. The van der Waals surface area contributed by atoms with Crippen molar-refractivity contribution in [2.75, 3.05) is 11.9 Å². The minimum Gasteiger partial charge on any atom is -0.490 e. The first-order valence-electron chi connectivity index (χ1n) is 6.95. The molecule has 4 heteroatoms. The van der Waals surface area contributed by atoms with Gasteiger partial charge in [-0.1, -0.05) is 12.1 Å². The largest absolute Gasteiger partial charge is 0.490 e. The second-order valence-electron chi connectivity index (χ2n) is 4.88. The molecule has 2 rings (SSSR count). The molecule has 1 aromatic heterocycles. The number of nitrogens with zero attached hydrogens (tertiary/aromatic N) is 2. The van der Waals surface area contributed by atoms with Crippen molar-refractivity contribution >= 4 is 5.82 Å². The molecule has 1 N–H and O–H groups in total. The Hall–Kier alpha value is -2.10. The van der Waals surface area contributed by atoms with E-state index in [4.69, 9.17) is 4.74 Å². The summed E-state index contributed by atoms with van der Waals surface area (Å²) in [5.41, 5.74) is 1.87. The third-order valence-corrected chi connectivity index (χ3v) is 2.72. The lowest BCUT2D eigenvalue weighted by atomic mass is 10.1. The molecular weight excluding hydrogens is 250 g/mol. The van der Waals surface area contributed by atoms with E-state index < -0.39 is 0 Å². The Balaban J connectivity index is 2.45. The minimum absolute atomic E-state index is 0.132. The van der Waals surface area contributed by atoms with Crippen molar-refractivity contribution < 1.29 is 4.74 Å². The van der Waals surface area contributed by atoms with Gasteiger partial charge in [0.1, 0.15) is 17.4 Å². The van der Waals surface area contributed by atoms with Gasteiger partial charge in [-0.25, -0.2) is 9.97 Å². The third kappa shape index (κ3) is 3.47. The molecule has 0 aliphatic heterocycles. The summed E-state index contributed by atoms with van der Waals surface area (Å²) in [4.78, 5) is 8.90. The molecule has 0 aliphatic carbocycles. The molecule has 0 radical (unpaired) electrons. The van der Waals surface area contributed by atoms with Crippen LogP contribution in [0.15, 0.2) is 30.3 Å². The predicted octanol–water partition coefficient (Wildman–Crippen LogP) is 3.67. The lowest BCUT2D eigenvalue weighted by molar-refractivity contribution is 0.243. The Morgan fingerprint density at radius 1 is 1.20 bits per heavy atom. The first kappa shape index (κ1) is 14.3. The molecule has 20 heavy (non-hydrogen) atoms. The number of benzene rings is 1. The smallest absolute Gasteiger partial charge is 0.130 e. The molecule has 0 amide bonds. The van der Waals surface area contributed by atoms with Gasteiger partial charge < -0.3 is 10.1 Å². The van der Waals surface area contributed by atoms with Crippen molar-refractivity contribution in [1.29, 1.82) is 0 Å². The van der Waals surface area contributed by atoms with Crippen LogP contribution in [-0.2, 0) is 0 Å². The second kappa shape index (κ2) is 6.37. The molecule has 2 aromatic rings. The van der Waals surface area contributed by atoms with Gasteiger partial charge in [0.15, 0.2) is 0 Å². The van der Waals surface area contributed by atoms with Gasteiger partial charge in [-0.15, -0.1) is 0 Å². The Labute approximate surface area is 120 Å². The van der Waals surface area contributed by atoms with E-state index in [1.807, 2.05) is 58.0 Å². The molecule has 0 bridgehead atoms. The van der Waals surface area contributed by atoms with E-state index in [0.717, 1.165) is 35.2 Å². The number of anilines is 1. The summed E-state index contributed by atoms with van der Waals surface area (Å²) >= 11 is 0. The average molecular weight is 271 g/mol. The summed E-state index contributed by atoms with van der Waals surface area (Å²) in [6, 6.07) is 9.92. The van der Waals surface area contributed by atoms with Crippen LogP contribution < -0.4 is 10.1 Å². The highest BCUT2D eigenvalue weighted by molar-refractivity contribution is 5.69. The summed E-state index contributed by atoms with van der Waals surface area (Å²) in [7, 11) is 0. The van der Waals surface area contributed by atoms with Crippen LogP contribution in [-0.4, -0.2) is 22.6 Å². The molecule has 0 spiro atoms. The predicted molar refractivity (Wildman–Crippen MR) is 82.1 cm³/mol. The SMILES string of the molecule is CCNc1cc(-c2ccccc2OC(C)C)nc(C)n1. The van der Waals surface area contributed by atoms with Crippen LogP contribution in [0.25, 0.3) is 11.3 Å². The van der Waals surface area contributed by atoms with E-state index >= 15 is 0 Å². The molecule has 0 fully saturated rings. The summed E-state index contributed by atoms with van der Waals surface area (Å²) < 4.78 is 5.86. The molecular formula is C16H21N3O. The summed E-state index contributed by atoms with van der Waals surface area (Å²) in [5.74, 6) is 2.44. The van der Waals surface area contributed by atoms with Crippen molar-refractivity contribution in [1.82, 2.24) is 9.97 Å². The van der Waals surface area contributed by atoms with E-state index in [0.29, 0.717) is 0 Å². The summed E-state index contributed by atoms with van der Waals surface area (Å²) in [6.07, 6.45) is 0.132. The molecule has 0 saturated carbocycles. The number of hydrogen-bond donors (Lipinski definition) is 1. The maximum Gasteiger partial charge on any atom is 0.130 e. The maximum absolute atomic E-state index is 5.86. The van der Waals surface area contributed by atoms with Crippen molar-refractivity contribution in [3.8, 4) is 17.0 Å². The van der Waals surface area contributed by atoms with Crippen molar-refractivity contribution in [3.63, 3.8) is 0 Å². The lowest BCUT2D eigenvalue weighted by Crippen LogP contribution is -2.07. The van der Waals surface area contributed by atoms with Gasteiger partial charge in [-0.05, 0) is 39.8 Å². The van der Waals surface area contributed by atoms with Gasteiger partial charge in [0.2, 0.25) is 0 Å². The molecule has 1 aromatic carbocycles. The Bertz CT molecular complexity index is 582. The van der Waals surface area contributed by atoms with Gasteiger partial charge in [0.05, 0.1) is 11.8 Å². The standard InChI is InChI=1S/C16H21N3O/c1-5-17-16-10-14(18-12(4)19-16)13-8-6-7-9-15(13)20-11(2)3/h6-11H,5H2,1-4H3,(H,17,18,19). The fourth-order valence-electron chi connectivity index (χ4n) is 2.01. The van der Waals surface area contributed by atoms with E-state index in [1.54, 1.807) is 0 Å². The Kier molecular flexibility index (Phi) is 4.56. The topological polar surface area (TPSA) is 47.0 Å². The van der Waals surface area contributed by atoms with Crippen LogP contribution in [0.4, 0.5) is 5.82 Å². The van der Waals surface area contributed by atoms with Crippen LogP contribution in [0, 0.1) is 6.92 Å². The number of para-hydroxylation sites is 1. The Morgan fingerprint density at radius 2 is 1.95 bits per heavy atom. The number of hydrogen-bond acceptors (Lipinski definition) is 4. The van der Waals surface area contributed by atoms with Gasteiger partial charge in [0.25, 0.3) is 0 Å². The summed E-state index contributed by atoms with van der Waals surface area (Å²) in [5, 5.41) is 3.23. The van der Waals surface area contributed by atoms with Crippen LogP contribution in [0.3, 0.4) is 0 Å². The van der Waals surface area contributed by atoms with Crippen molar-refractivity contribution in [2.45, 2.75) is 33.8 Å². The Morgan fingerprint density at radius 3 is 2.65 bits per heavy atom. The fraction of sp³-hybridized carbons (Fsp3) is 0.375. The first-order valence-corrected chi connectivity index (χ1v) is 6.95. The van der Waals surface area contributed by atoms with Gasteiger partial charge in [0, 0.05) is 18.2 Å². The van der Waals surface area contributed by atoms with E-state index in [2.05, 4.69) is 15.3 Å². The van der Waals surface area contributed by atoms with Crippen LogP contribution in [0.5, 0.6) is 5.75 Å². The molecule has 1 heterocycles. The highest BCUT2D eigenvalue weighted by Gasteiger charge is 2.10. The molecule has 4 nitrogen and oxygen atoms in total. The van der Waals surface area contributed by atoms with E-state index in [1.165, 1.54) is 0 Å². The quantitative estimate of drug-likeness (QED) is 0.901. The number of ether oxygens (including phenoxy) is 1. The average Bonchev–Trinajstić information content (AvgIpc) is 2.38. The van der Waals surface area contributed by atoms with Gasteiger partial charge in [-0.3, -0.25) is 0 Å². The monoisotopic (exact) mass is 271 g/mol. The van der Waals surface area contributed by atoms with Crippen LogP contribution in [0.2, 0.25) is 0 Å². The zero-order valence-corrected chi connectivity index (χ0v) is 12.5. The molecule has 0 saturated heterocycles. The highest BCUT2D eigenvalue weighted by atomic mass is 16.5. The summed E-state index contributed by atoms with van der Waals surface area (Å²) in [6.45, 7) is 8.82. The molecule has 0 unspecified atom stereocenters. The molecule has 0 atom stereocenters. The number of aryl methyl sites for hydroxylation is 1. The van der Waals surface area contributed by atoms with Crippen LogP contribution in [0.1, 0.15) is 26.6 Å². The molecule has 106 valence electrons. The van der Waals surface area contributed by atoms with Gasteiger partial charge in [-0.2, -0.15) is 0 Å². The van der Waals surface area contributed by atoms with E-state index in [-0.39, 0.29) is 6.10 Å². The highest BCUT2D eigenvalue weighted by Crippen LogP contribution is 2.30. The maximum atomic E-state index is 5.86. The van der Waals surface area contributed by atoms with Crippen LogP contribution >= 0.6 is 0 Å². The van der Waals surface area contributed by atoms with Gasteiger partial charge >= 0.3 is 0 Å². The normalized spacial score (nSPS) is 10.7. The zero-order valence-electron chi connectivity index (χ0n) is 12.5. The minimum atomic E-state index is 0.132. The van der Waals surface area contributed by atoms with Crippen molar-refractivity contribution in [2.24, 2.45) is 0 Å². The third-order valence-electron chi connectivity index (χ3n) is 2.72. The van der Waals surface area contributed by atoms with E-state index in [9.17, 15) is 0 Å². The first-order chi connectivity index (χ1) is 9.60.